The normalized spacial score (nSPS) is 11.9. The highest BCUT2D eigenvalue weighted by Gasteiger charge is 2.31. The van der Waals surface area contributed by atoms with Gasteiger partial charge in [0.25, 0.3) is 0 Å². The van der Waals surface area contributed by atoms with Crippen LogP contribution in [0.1, 0.15) is 0 Å². The molecule has 0 aromatic heterocycles. The summed E-state index contributed by atoms with van der Waals surface area (Å²) in [6.07, 6.45) is 0. The lowest BCUT2D eigenvalue weighted by Crippen LogP contribution is -2.10. The molecule has 7 aromatic rings. The molecule has 41 heavy (non-hydrogen) atoms. The lowest BCUT2D eigenvalue weighted by atomic mass is 9.83. The van der Waals surface area contributed by atoms with Crippen molar-refractivity contribution in [2.24, 2.45) is 0 Å². The molecule has 0 amide bonds. The van der Waals surface area contributed by atoms with Crippen LogP contribution in [0.25, 0.3) is 66.4 Å². The first kappa shape index (κ1) is 22.4. The molecule has 7 aromatic carbocycles. The molecule has 0 spiro atoms. The highest BCUT2D eigenvalue weighted by atomic mass is 15.1. The number of fused-ring (bicyclic) bond motifs is 5. The van der Waals surface area contributed by atoms with Gasteiger partial charge in [-0.1, -0.05) is 121 Å². The molecule has 2 aliphatic rings. The first-order valence-corrected chi connectivity index (χ1v) is 14.2. The molecule has 0 saturated carbocycles. The predicted octanol–water partition coefficient (Wildman–Crippen LogP) is 11.3. The molecule has 0 N–H and O–H groups in total. The van der Waals surface area contributed by atoms with Crippen molar-refractivity contribution in [3.8, 4) is 55.6 Å². The minimum absolute atomic E-state index is 1.14. The van der Waals surface area contributed by atoms with E-state index in [1.807, 2.05) is 0 Å². The molecule has 0 unspecified atom stereocenters. The third-order valence-corrected chi connectivity index (χ3v) is 8.75. The van der Waals surface area contributed by atoms with Crippen LogP contribution in [0, 0.1) is 0 Å². The highest BCUT2D eigenvalue weighted by Crippen LogP contribution is 2.57. The summed E-state index contributed by atoms with van der Waals surface area (Å²) in [7, 11) is 0. The van der Waals surface area contributed by atoms with Crippen LogP contribution in [0.4, 0.5) is 17.1 Å². The van der Waals surface area contributed by atoms with Crippen LogP contribution >= 0.6 is 0 Å². The number of hydrogen-bond acceptors (Lipinski definition) is 1. The van der Waals surface area contributed by atoms with Gasteiger partial charge in [-0.25, -0.2) is 0 Å². The standard InChI is InChI=1S/C40H25N/c1-2-13-27(14-3-1)41(38-22-8-12-26-11-4-5-15-29(26)38)28-23-24-31-34-19-10-20-35-36-21-9-18-33(40(36)37(31)25-28)30-16-6-7-17-32(30)39(34)35/h1-25H. The Morgan fingerprint density at radius 2 is 0.854 bits per heavy atom. The maximum absolute atomic E-state index is 2.42. The molecule has 0 saturated heterocycles. The Morgan fingerprint density at radius 3 is 1.63 bits per heavy atom. The molecule has 0 aliphatic heterocycles. The van der Waals surface area contributed by atoms with Crippen molar-refractivity contribution in [3.05, 3.63) is 152 Å². The first-order valence-electron chi connectivity index (χ1n) is 14.2. The SMILES string of the molecule is c1ccc(N(c2ccc3c(c2)-c2c4cccc2-c2cccc-3c2-c2ccccc2-4)c2cccc3ccccc23)cc1. The van der Waals surface area contributed by atoms with Crippen molar-refractivity contribution in [2.75, 3.05) is 4.90 Å². The van der Waals surface area contributed by atoms with Gasteiger partial charge in [0.05, 0.1) is 5.69 Å². The Morgan fingerprint density at radius 1 is 0.317 bits per heavy atom. The summed E-state index contributed by atoms with van der Waals surface area (Å²) in [4.78, 5) is 2.41. The second-order valence-electron chi connectivity index (χ2n) is 10.9. The number of anilines is 3. The maximum Gasteiger partial charge on any atom is 0.0540 e. The summed E-state index contributed by atoms with van der Waals surface area (Å²) < 4.78 is 0. The lowest BCUT2D eigenvalue weighted by Gasteiger charge is -2.28. The third kappa shape index (κ3) is 3.18. The first-order chi connectivity index (χ1) is 20.4. The zero-order valence-corrected chi connectivity index (χ0v) is 22.4. The second-order valence-corrected chi connectivity index (χ2v) is 10.9. The van der Waals surface area contributed by atoms with Crippen molar-refractivity contribution >= 4 is 27.8 Å². The molecule has 0 fully saturated rings. The largest absolute Gasteiger partial charge is 0.310 e. The summed E-state index contributed by atoms with van der Waals surface area (Å²) in [6.45, 7) is 0. The van der Waals surface area contributed by atoms with Gasteiger partial charge in [0.2, 0.25) is 0 Å². The van der Waals surface area contributed by atoms with E-state index in [-0.39, 0.29) is 0 Å². The fourth-order valence-electron chi connectivity index (χ4n) is 7.04. The van der Waals surface area contributed by atoms with E-state index < -0.39 is 0 Å². The number of rotatable bonds is 3. The van der Waals surface area contributed by atoms with Crippen molar-refractivity contribution in [2.45, 2.75) is 0 Å². The van der Waals surface area contributed by atoms with Gasteiger partial charge in [0.1, 0.15) is 0 Å². The van der Waals surface area contributed by atoms with Gasteiger partial charge in [0, 0.05) is 16.8 Å². The monoisotopic (exact) mass is 519 g/mol. The molecule has 9 rings (SSSR count). The molecule has 1 heteroatoms. The molecular formula is C40H25N. The minimum Gasteiger partial charge on any atom is -0.310 e. The average molecular weight is 520 g/mol. The summed E-state index contributed by atoms with van der Waals surface area (Å²) in [5, 5.41) is 2.47. The van der Waals surface area contributed by atoms with Crippen molar-refractivity contribution in [1.82, 2.24) is 0 Å². The van der Waals surface area contributed by atoms with E-state index in [4.69, 9.17) is 0 Å². The quantitative estimate of drug-likeness (QED) is 0.224. The van der Waals surface area contributed by atoms with Crippen molar-refractivity contribution in [3.63, 3.8) is 0 Å². The number of para-hydroxylation sites is 1. The molecule has 190 valence electrons. The van der Waals surface area contributed by atoms with E-state index in [9.17, 15) is 0 Å². The van der Waals surface area contributed by atoms with Gasteiger partial charge in [-0.2, -0.15) is 0 Å². The molecule has 1 nitrogen and oxygen atoms in total. The Kier molecular flexibility index (Phi) is 4.67. The topological polar surface area (TPSA) is 3.24 Å². The molecule has 0 heterocycles. The molecule has 0 atom stereocenters. The second kappa shape index (κ2) is 8.55. The van der Waals surface area contributed by atoms with Gasteiger partial charge in [-0.3, -0.25) is 0 Å². The number of hydrogen-bond donors (Lipinski definition) is 0. The van der Waals surface area contributed by atoms with Crippen LogP contribution in [0.3, 0.4) is 0 Å². The Bertz CT molecular complexity index is 2130. The van der Waals surface area contributed by atoms with Crippen LogP contribution in [-0.2, 0) is 0 Å². The number of nitrogens with zero attached hydrogens (tertiary/aromatic N) is 1. The molecule has 6 bridgehead atoms. The molecule has 2 aliphatic carbocycles. The van der Waals surface area contributed by atoms with E-state index in [2.05, 4.69) is 157 Å². The number of benzene rings is 7. The average Bonchev–Trinajstić information content (AvgIpc) is 3.15. The minimum atomic E-state index is 1.14. The van der Waals surface area contributed by atoms with E-state index in [1.165, 1.54) is 72.1 Å². The van der Waals surface area contributed by atoms with Gasteiger partial charge in [-0.15, -0.1) is 0 Å². The van der Waals surface area contributed by atoms with Gasteiger partial charge < -0.3 is 4.90 Å². The summed E-state index contributed by atoms with van der Waals surface area (Å²) in [5.74, 6) is 0. The molecule has 0 radical (unpaired) electrons. The Balaban J connectivity index is 1.37. The zero-order valence-electron chi connectivity index (χ0n) is 22.4. The van der Waals surface area contributed by atoms with E-state index >= 15 is 0 Å². The van der Waals surface area contributed by atoms with E-state index in [0.29, 0.717) is 0 Å². The lowest BCUT2D eigenvalue weighted by molar-refractivity contribution is 1.30. The predicted molar refractivity (Wildman–Crippen MR) is 173 cm³/mol. The van der Waals surface area contributed by atoms with Gasteiger partial charge in [-0.05, 0) is 91.4 Å². The van der Waals surface area contributed by atoms with Gasteiger partial charge >= 0.3 is 0 Å². The highest BCUT2D eigenvalue weighted by molar-refractivity contribution is 6.15. The third-order valence-electron chi connectivity index (χ3n) is 8.75. The van der Waals surface area contributed by atoms with Crippen LogP contribution < -0.4 is 4.90 Å². The molecular weight excluding hydrogens is 494 g/mol. The fraction of sp³-hybridized carbons (Fsp3) is 0. The van der Waals surface area contributed by atoms with Crippen LogP contribution in [-0.4, -0.2) is 0 Å². The summed E-state index contributed by atoms with van der Waals surface area (Å²) >= 11 is 0. The zero-order chi connectivity index (χ0) is 26.9. The van der Waals surface area contributed by atoms with Crippen LogP contribution in [0.15, 0.2) is 152 Å². The summed E-state index contributed by atoms with van der Waals surface area (Å²) in [5.41, 5.74) is 16.6. The van der Waals surface area contributed by atoms with Crippen LogP contribution in [0.5, 0.6) is 0 Å². The van der Waals surface area contributed by atoms with E-state index in [0.717, 1.165) is 11.4 Å². The van der Waals surface area contributed by atoms with Crippen LogP contribution in [0.2, 0.25) is 0 Å². The van der Waals surface area contributed by atoms with Gasteiger partial charge in [0.15, 0.2) is 0 Å². The Hall–Kier alpha value is -5.40. The van der Waals surface area contributed by atoms with Crippen molar-refractivity contribution in [1.29, 1.82) is 0 Å². The van der Waals surface area contributed by atoms with E-state index in [1.54, 1.807) is 0 Å². The fourth-order valence-corrected chi connectivity index (χ4v) is 7.04. The maximum atomic E-state index is 2.42. The smallest absolute Gasteiger partial charge is 0.0540 e. The van der Waals surface area contributed by atoms with Crippen molar-refractivity contribution < 1.29 is 0 Å². The Labute approximate surface area is 239 Å². The summed E-state index contributed by atoms with van der Waals surface area (Å²) in [6, 6.07) is 55.6.